The number of aryl methyl sites for hydroxylation is 1. The maximum Gasteiger partial charge on any atom is 0.290 e. The van der Waals surface area contributed by atoms with Gasteiger partial charge in [0.15, 0.2) is 5.65 Å². The van der Waals surface area contributed by atoms with Crippen LogP contribution in [0.2, 0.25) is 0 Å². The molecule has 1 aliphatic rings. The molecule has 1 N–H and O–H groups in total. The Bertz CT molecular complexity index is 990. The van der Waals surface area contributed by atoms with Gasteiger partial charge >= 0.3 is 0 Å². The summed E-state index contributed by atoms with van der Waals surface area (Å²) in [6.07, 6.45) is 5.98. The van der Waals surface area contributed by atoms with Crippen LogP contribution in [0.25, 0.3) is 15.9 Å². The lowest BCUT2D eigenvalue weighted by atomic mass is 9.89. The maximum atomic E-state index is 12.5. The third-order valence-electron chi connectivity index (χ3n) is 5.66. The minimum absolute atomic E-state index is 0.214. The van der Waals surface area contributed by atoms with Crippen molar-refractivity contribution in [3.8, 4) is 0 Å². The molecule has 7 nitrogen and oxygen atoms in total. The Labute approximate surface area is 169 Å². The second kappa shape index (κ2) is 8.13. The number of carbonyl (C=O) groups excluding carboxylic acids is 1. The summed E-state index contributed by atoms with van der Waals surface area (Å²) in [5.74, 6) is 0.678. The lowest BCUT2D eigenvalue weighted by Crippen LogP contribution is -2.30. The second-order valence-corrected chi connectivity index (χ2v) is 8.70. The second-order valence-electron chi connectivity index (χ2n) is 7.62. The van der Waals surface area contributed by atoms with E-state index in [1.54, 1.807) is 22.2 Å². The van der Waals surface area contributed by atoms with Crippen molar-refractivity contribution in [3.05, 3.63) is 22.6 Å². The van der Waals surface area contributed by atoms with Crippen molar-refractivity contribution in [1.29, 1.82) is 0 Å². The van der Waals surface area contributed by atoms with Gasteiger partial charge in [-0.15, -0.1) is 16.4 Å². The first-order valence-electron chi connectivity index (χ1n) is 10.3. The average Bonchev–Trinajstić information content (AvgIpc) is 3.28. The summed E-state index contributed by atoms with van der Waals surface area (Å²) < 4.78 is 1.65. The summed E-state index contributed by atoms with van der Waals surface area (Å²) in [4.78, 5) is 26.5. The maximum absolute atomic E-state index is 12.5. The molecule has 0 spiro atoms. The molecule has 1 amide bonds. The minimum Gasteiger partial charge on any atom is -0.349 e. The summed E-state index contributed by atoms with van der Waals surface area (Å²) in [5.41, 5.74) is 2.11. The van der Waals surface area contributed by atoms with Crippen molar-refractivity contribution in [3.63, 3.8) is 0 Å². The van der Waals surface area contributed by atoms with E-state index in [2.05, 4.69) is 46.1 Å². The van der Waals surface area contributed by atoms with E-state index < -0.39 is 0 Å². The van der Waals surface area contributed by atoms with Crippen molar-refractivity contribution in [1.82, 2.24) is 29.8 Å². The summed E-state index contributed by atoms with van der Waals surface area (Å²) in [6.45, 7) is 10.3. The lowest BCUT2D eigenvalue weighted by Gasteiger charge is -2.17. The number of rotatable bonds is 7. The molecule has 0 saturated carbocycles. The number of fused-ring (bicyclic) bond motifs is 5. The van der Waals surface area contributed by atoms with Crippen LogP contribution in [0.5, 0.6) is 0 Å². The molecule has 0 aromatic carbocycles. The van der Waals surface area contributed by atoms with E-state index in [1.165, 1.54) is 16.9 Å². The van der Waals surface area contributed by atoms with E-state index in [0.717, 1.165) is 54.8 Å². The zero-order valence-electron chi connectivity index (χ0n) is 16.9. The zero-order chi connectivity index (χ0) is 19.7. The van der Waals surface area contributed by atoms with Gasteiger partial charge in [0.25, 0.3) is 5.91 Å². The number of thiophene rings is 1. The van der Waals surface area contributed by atoms with Crippen LogP contribution in [0.1, 0.15) is 54.7 Å². The molecule has 1 unspecified atom stereocenters. The van der Waals surface area contributed by atoms with Gasteiger partial charge in [0, 0.05) is 11.4 Å². The van der Waals surface area contributed by atoms with Crippen molar-refractivity contribution < 1.29 is 4.79 Å². The van der Waals surface area contributed by atoms with Gasteiger partial charge in [-0.25, -0.2) is 14.5 Å². The van der Waals surface area contributed by atoms with Crippen LogP contribution >= 0.6 is 11.3 Å². The fraction of sp³-hybridized carbons (Fsp3) is 0.600. The number of carbonyl (C=O) groups is 1. The standard InChI is InChI=1S/C20H28N6OS/c1-4-25(5-2)10-6-9-21-19(27)17-23-18-16-14-11-13(3)7-8-15(14)28-20(16)22-12-26(18)24-17/h12-13H,4-11H2,1-3H3,(H,21,27). The summed E-state index contributed by atoms with van der Waals surface area (Å²) in [5, 5.41) is 8.42. The first-order chi connectivity index (χ1) is 13.6. The van der Waals surface area contributed by atoms with E-state index in [1.807, 2.05) is 0 Å². The monoisotopic (exact) mass is 400 g/mol. The number of hydrogen-bond acceptors (Lipinski definition) is 6. The third kappa shape index (κ3) is 3.63. The Hall–Kier alpha value is -2.06. The minimum atomic E-state index is -0.214. The number of nitrogens with zero attached hydrogens (tertiary/aromatic N) is 5. The molecule has 150 valence electrons. The van der Waals surface area contributed by atoms with E-state index in [-0.39, 0.29) is 11.7 Å². The largest absolute Gasteiger partial charge is 0.349 e. The van der Waals surface area contributed by atoms with Gasteiger partial charge in [0.05, 0.1) is 5.39 Å². The van der Waals surface area contributed by atoms with Crippen molar-refractivity contribution in [2.45, 2.75) is 46.5 Å². The van der Waals surface area contributed by atoms with Gasteiger partial charge in [0.2, 0.25) is 5.82 Å². The van der Waals surface area contributed by atoms with E-state index >= 15 is 0 Å². The van der Waals surface area contributed by atoms with Crippen LogP contribution in [-0.2, 0) is 12.8 Å². The van der Waals surface area contributed by atoms with E-state index in [4.69, 9.17) is 0 Å². The van der Waals surface area contributed by atoms with E-state index in [0.29, 0.717) is 12.5 Å². The SMILES string of the molecule is CCN(CC)CCCNC(=O)c1nc2c3c4c(sc3ncn2n1)CCC(C)C4. The smallest absolute Gasteiger partial charge is 0.290 e. The molecule has 3 aromatic heterocycles. The van der Waals surface area contributed by atoms with Crippen LogP contribution in [0.4, 0.5) is 0 Å². The Morgan fingerprint density at radius 3 is 3.00 bits per heavy atom. The predicted molar refractivity (Wildman–Crippen MR) is 112 cm³/mol. The lowest BCUT2D eigenvalue weighted by molar-refractivity contribution is 0.0941. The normalized spacial score (nSPS) is 16.8. The number of nitrogens with one attached hydrogen (secondary N) is 1. The van der Waals surface area contributed by atoms with Crippen LogP contribution in [0, 0.1) is 5.92 Å². The Morgan fingerprint density at radius 1 is 1.39 bits per heavy atom. The first-order valence-corrected chi connectivity index (χ1v) is 11.1. The van der Waals surface area contributed by atoms with Crippen molar-refractivity contribution in [2.75, 3.05) is 26.2 Å². The molecule has 0 bridgehead atoms. The molecular weight excluding hydrogens is 372 g/mol. The molecular formula is C20H28N6OS. The van der Waals surface area contributed by atoms with Crippen LogP contribution in [0.3, 0.4) is 0 Å². The molecule has 3 heterocycles. The zero-order valence-corrected chi connectivity index (χ0v) is 17.7. The van der Waals surface area contributed by atoms with Crippen LogP contribution in [-0.4, -0.2) is 56.6 Å². The average molecular weight is 401 g/mol. The van der Waals surface area contributed by atoms with Crippen molar-refractivity contribution in [2.24, 2.45) is 5.92 Å². The Kier molecular flexibility index (Phi) is 5.59. The first kappa shape index (κ1) is 19.3. The molecule has 28 heavy (non-hydrogen) atoms. The molecule has 1 atom stereocenters. The summed E-state index contributed by atoms with van der Waals surface area (Å²) >= 11 is 1.76. The number of amides is 1. The third-order valence-corrected chi connectivity index (χ3v) is 6.86. The fourth-order valence-corrected chi connectivity index (χ4v) is 5.14. The number of hydrogen-bond donors (Lipinski definition) is 1. The molecule has 1 aliphatic carbocycles. The predicted octanol–water partition coefficient (Wildman–Crippen LogP) is 2.93. The molecule has 0 fully saturated rings. The highest BCUT2D eigenvalue weighted by Gasteiger charge is 2.24. The Morgan fingerprint density at radius 2 is 2.21 bits per heavy atom. The van der Waals surface area contributed by atoms with Gasteiger partial charge in [-0.1, -0.05) is 20.8 Å². The summed E-state index contributed by atoms with van der Waals surface area (Å²) in [7, 11) is 0. The van der Waals surface area contributed by atoms with Gasteiger partial charge in [-0.3, -0.25) is 4.79 Å². The molecule has 3 aromatic rings. The highest BCUT2D eigenvalue weighted by atomic mass is 32.1. The fourth-order valence-electron chi connectivity index (χ4n) is 3.97. The molecule has 0 radical (unpaired) electrons. The molecule has 0 saturated heterocycles. The topological polar surface area (TPSA) is 75.4 Å². The van der Waals surface area contributed by atoms with Crippen LogP contribution < -0.4 is 5.32 Å². The highest BCUT2D eigenvalue weighted by Crippen LogP contribution is 2.38. The van der Waals surface area contributed by atoms with Gasteiger partial charge < -0.3 is 10.2 Å². The number of aromatic nitrogens is 4. The van der Waals surface area contributed by atoms with Crippen molar-refractivity contribution >= 4 is 33.1 Å². The highest BCUT2D eigenvalue weighted by molar-refractivity contribution is 7.19. The van der Waals surface area contributed by atoms with Crippen LogP contribution in [0.15, 0.2) is 6.33 Å². The van der Waals surface area contributed by atoms with Gasteiger partial charge in [-0.2, -0.15) is 0 Å². The summed E-state index contributed by atoms with van der Waals surface area (Å²) in [6, 6.07) is 0. The molecule has 8 heteroatoms. The Balaban J connectivity index is 1.53. The quantitative estimate of drug-likeness (QED) is 0.617. The van der Waals surface area contributed by atoms with E-state index in [9.17, 15) is 4.79 Å². The van der Waals surface area contributed by atoms with Gasteiger partial charge in [0.1, 0.15) is 11.2 Å². The van der Waals surface area contributed by atoms with Gasteiger partial charge in [-0.05, 0) is 56.8 Å². The molecule has 0 aliphatic heterocycles. The molecule has 4 rings (SSSR count).